The molecule has 0 aromatic carbocycles. The van der Waals surface area contributed by atoms with Crippen molar-refractivity contribution in [3.63, 3.8) is 0 Å². The second-order valence-corrected chi connectivity index (χ2v) is 23.2. The Morgan fingerprint density at radius 2 is 0.635 bits per heavy atom. The second-order valence-electron chi connectivity index (χ2n) is 23.2. The van der Waals surface area contributed by atoms with Crippen molar-refractivity contribution >= 4 is 11.9 Å². The van der Waals surface area contributed by atoms with Crippen LogP contribution in [0.1, 0.15) is 373 Å². The number of carbonyl (C=O) groups excluding carboxylic acids is 2. The number of allylic oxidation sites excluding steroid dienone is 3. The van der Waals surface area contributed by atoms with Gasteiger partial charge >= 0.3 is 5.97 Å². The van der Waals surface area contributed by atoms with E-state index in [9.17, 15) is 19.8 Å². The predicted octanol–water partition coefficient (Wildman–Crippen LogP) is 21.4. The summed E-state index contributed by atoms with van der Waals surface area (Å²) in [5, 5.41) is 23.2. The zero-order valence-electron chi connectivity index (χ0n) is 50.1. The highest BCUT2D eigenvalue weighted by Crippen LogP contribution is 2.18. The summed E-state index contributed by atoms with van der Waals surface area (Å²) >= 11 is 0. The summed E-state index contributed by atoms with van der Waals surface area (Å²) in [6, 6.07) is -0.629. The third kappa shape index (κ3) is 59.6. The van der Waals surface area contributed by atoms with E-state index in [-0.39, 0.29) is 18.5 Å². The summed E-state index contributed by atoms with van der Waals surface area (Å²) in [6.07, 6.45) is 79.5. The van der Waals surface area contributed by atoms with Gasteiger partial charge in [-0.1, -0.05) is 327 Å². The first-order chi connectivity index (χ1) is 36.5. The van der Waals surface area contributed by atoms with Crippen LogP contribution in [0.2, 0.25) is 0 Å². The zero-order valence-corrected chi connectivity index (χ0v) is 50.1. The summed E-state index contributed by atoms with van der Waals surface area (Å²) in [7, 11) is 0. The van der Waals surface area contributed by atoms with Gasteiger partial charge in [0.05, 0.1) is 25.4 Å². The number of nitrogens with one attached hydrogen (secondary N) is 1. The summed E-state index contributed by atoms with van der Waals surface area (Å²) in [6.45, 7) is 4.93. The van der Waals surface area contributed by atoms with Crippen LogP contribution in [0.4, 0.5) is 0 Å². The number of unbranched alkanes of at least 4 members (excludes halogenated alkanes) is 50. The number of aliphatic hydroxyl groups is 2. The monoisotopic (exact) mass is 1040 g/mol. The minimum Gasteiger partial charge on any atom is -0.466 e. The number of ether oxygens (including phenoxy) is 1. The van der Waals surface area contributed by atoms with Crippen molar-refractivity contribution in [3.05, 3.63) is 24.3 Å². The highest BCUT2D eigenvalue weighted by Gasteiger charge is 2.18. The Labute approximate surface area is 462 Å². The first kappa shape index (κ1) is 72.3. The predicted molar refractivity (Wildman–Crippen MR) is 324 cm³/mol. The lowest BCUT2D eigenvalue weighted by Gasteiger charge is -2.20. The lowest BCUT2D eigenvalue weighted by atomic mass is 10.0. The standard InChI is InChI=1S/C68H131NO5/c1-3-5-7-9-11-13-15-17-19-21-25-30-34-38-42-46-50-54-58-62-68(73)74-63-59-55-51-47-43-39-35-31-27-24-22-23-26-29-33-37-41-45-49-53-57-61-67(72)69-65(64-70)66(71)60-56-52-48-44-40-36-32-28-20-18-16-14-12-10-8-6-4-2/h17,19,56,60,65-66,70-71H,3-16,18,20-55,57-59,61-64H2,1-2H3,(H,69,72)/b19-17-,60-56+. The average molecular weight is 1040 g/mol. The van der Waals surface area contributed by atoms with E-state index >= 15 is 0 Å². The molecule has 74 heavy (non-hydrogen) atoms. The van der Waals surface area contributed by atoms with Crippen molar-refractivity contribution in [1.82, 2.24) is 5.32 Å². The van der Waals surface area contributed by atoms with Gasteiger partial charge in [0.1, 0.15) is 0 Å². The molecule has 2 atom stereocenters. The highest BCUT2D eigenvalue weighted by molar-refractivity contribution is 5.76. The fraction of sp³-hybridized carbons (Fsp3) is 0.912. The van der Waals surface area contributed by atoms with Gasteiger partial charge in [-0.2, -0.15) is 0 Å². The third-order valence-corrected chi connectivity index (χ3v) is 15.7. The maximum Gasteiger partial charge on any atom is 0.305 e. The van der Waals surface area contributed by atoms with Crippen LogP contribution in [-0.4, -0.2) is 47.4 Å². The smallest absolute Gasteiger partial charge is 0.305 e. The third-order valence-electron chi connectivity index (χ3n) is 15.7. The molecule has 6 heteroatoms. The molecule has 3 N–H and O–H groups in total. The van der Waals surface area contributed by atoms with E-state index in [0.717, 1.165) is 44.9 Å². The van der Waals surface area contributed by atoms with Crippen LogP contribution in [0.15, 0.2) is 24.3 Å². The number of amides is 1. The molecule has 0 aromatic heterocycles. The SMILES string of the molecule is CCCCCCCC/C=C\CCCCCCCCCCCC(=O)OCCCCCCCCCCCCCCCCCCCCCCCC(=O)NC(CO)C(O)/C=C/CCCCCCCCCCCCCCCCC. The molecule has 0 heterocycles. The molecule has 438 valence electrons. The molecular weight excluding hydrogens is 911 g/mol. The Kier molecular flexibility index (Phi) is 62.4. The molecule has 2 unspecified atom stereocenters. The zero-order chi connectivity index (χ0) is 53.6. The largest absolute Gasteiger partial charge is 0.466 e. The lowest BCUT2D eigenvalue weighted by Crippen LogP contribution is -2.45. The van der Waals surface area contributed by atoms with Gasteiger partial charge in [-0.3, -0.25) is 9.59 Å². The molecule has 0 spiro atoms. The normalized spacial score (nSPS) is 12.6. The lowest BCUT2D eigenvalue weighted by molar-refractivity contribution is -0.143. The van der Waals surface area contributed by atoms with Crippen molar-refractivity contribution in [2.75, 3.05) is 13.2 Å². The van der Waals surface area contributed by atoms with Crippen molar-refractivity contribution in [3.8, 4) is 0 Å². The molecule has 1 amide bonds. The maximum absolute atomic E-state index is 12.5. The molecule has 0 saturated heterocycles. The Bertz CT molecular complexity index is 1150. The van der Waals surface area contributed by atoms with Gasteiger partial charge in [0.25, 0.3) is 0 Å². The van der Waals surface area contributed by atoms with Gasteiger partial charge in [-0.05, 0) is 57.8 Å². The molecule has 0 aliphatic rings. The van der Waals surface area contributed by atoms with E-state index < -0.39 is 12.1 Å². The summed E-state index contributed by atoms with van der Waals surface area (Å²) in [5.41, 5.74) is 0. The van der Waals surface area contributed by atoms with Crippen LogP contribution in [0.5, 0.6) is 0 Å². The van der Waals surface area contributed by atoms with Crippen LogP contribution in [0.3, 0.4) is 0 Å². The Balaban J connectivity index is 3.39. The summed E-state index contributed by atoms with van der Waals surface area (Å²) in [4.78, 5) is 24.6. The van der Waals surface area contributed by atoms with E-state index in [2.05, 4.69) is 31.3 Å². The Morgan fingerprint density at radius 3 is 0.959 bits per heavy atom. The van der Waals surface area contributed by atoms with Crippen molar-refractivity contribution in [2.24, 2.45) is 0 Å². The Hall–Kier alpha value is -1.66. The van der Waals surface area contributed by atoms with Crippen molar-refractivity contribution < 1.29 is 24.5 Å². The molecule has 0 bridgehead atoms. The van der Waals surface area contributed by atoms with E-state index in [4.69, 9.17) is 4.74 Å². The van der Waals surface area contributed by atoms with Gasteiger partial charge < -0.3 is 20.3 Å². The molecule has 0 fully saturated rings. The number of hydrogen-bond acceptors (Lipinski definition) is 5. The van der Waals surface area contributed by atoms with Crippen LogP contribution < -0.4 is 5.32 Å². The van der Waals surface area contributed by atoms with Crippen LogP contribution in [0.25, 0.3) is 0 Å². The number of esters is 1. The molecule has 0 aliphatic carbocycles. The van der Waals surface area contributed by atoms with Gasteiger partial charge in [0.2, 0.25) is 5.91 Å². The highest BCUT2D eigenvalue weighted by atomic mass is 16.5. The van der Waals surface area contributed by atoms with Gasteiger partial charge in [-0.15, -0.1) is 0 Å². The number of rotatable bonds is 63. The first-order valence-corrected chi connectivity index (χ1v) is 33.6. The molecule has 0 radical (unpaired) electrons. The fourth-order valence-corrected chi connectivity index (χ4v) is 10.6. The first-order valence-electron chi connectivity index (χ1n) is 33.6. The Morgan fingerprint density at radius 1 is 0.365 bits per heavy atom. The van der Waals surface area contributed by atoms with Crippen LogP contribution >= 0.6 is 0 Å². The number of hydrogen-bond donors (Lipinski definition) is 3. The average Bonchev–Trinajstić information content (AvgIpc) is 3.40. The second kappa shape index (κ2) is 63.9. The molecule has 0 aliphatic heterocycles. The number of carbonyl (C=O) groups is 2. The molecule has 6 nitrogen and oxygen atoms in total. The maximum atomic E-state index is 12.5. The molecule has 0 rings (SSSR count). The van der Waals surface area contributed by atoms with Crippen LogP contribution in [-0.2, 0) is 14.3 Å². The van der Waals surface area contributed by atoms with E-state index in [0.29, 0.717) is 19.4 Å². The minimum absolute atomic E-state index is 0.0117. The fourth-order valence-electron chi connectivity index (χ4n) is 10.6. The minimum atomic E-state index is -0.845. The van der Waals surface area contributed by atoms with E-state index in [1.54, 1.807) is 6.08 Å². The summed E-state index contributed by atoms with van der Waals surface area (Å²) < 4.78 is 5.51. The quantitative estimate of drug-likeness (QED) is 0.0320. The van der Waals surface area contributed by atoms with Gasteiger partial charge in [0.15, 0.2) is 0 Å². The van der Waals surface area contributed by atoms with Crippen LogP contribution in [0, 0.1) is 0 Å². The molecule has 0 saturated carbocycles. The van der Waals surface area contributed by atoms with Crippen molar-refractivity contribution in [1.29, 1.82) is 0 Å². The van der Waals surface area contributed by atoms with Gasteiger partial charge in [0, 0.05) is 12.8 Å². The van der Waals surface area contributed by atoms with Gasteiger partial charge in [-0.25, -0.2) is 0 Å². The van der Waals surface area contributed by atoms with E-state index in [1.165, 1.54) is 302 Å². The van der Waals surface area contributed by atoms with Crippen molar-refractivity contribution in [2.45, 2.75) is 386 Å². The summed E-state index contributed by atoms with van der Waals surface area (Å²) in [5.74, 6) is -0.0544. The topological polar surface area (TPSA) is 95.9 Å². The molecular formula is C68H131NO5. The van der Waals surface area contributed by atoms with E-state index in [1.807, 2.05) is 6.08 Å². The molecule has 0 aromatic rings. The number of aliphatic hydroxyl groups excluding tert-OH is 2.